The standard InChI is InChI=1S/C22H28N2O5/c1-4-20-8-5-10-24-11-9-21(16(20)24)14-7-6-13(25)12-15(14)23(2)17(21)22(28,18(20)26)19(27)29-3/h5-8,12,16-18,25-26,28H,4,9-11H2,1-3H3/p+1/t16-,17+,18+,20+,21-,22-/m0/s1. The van der Waals surface area contributed by atoms with Crippen LogP contribution >= 0.6 is 0 Å². The Bertz CT molecular complexity index is 918. The van der Waals surface area contributed by atoms with Crippen LogP contribution in [-0.4, -0.2) is 72.3 Å². The average Bonchev–Trinajstić information content (AvgIpc) is 3.23. The minimum atomic E-state index is -2.10. The molecule has 5 rings (SSSR count). The Hall–Kier alpha value is -2.09. The molecule has 7 nitrogen and oxygen atoms in total. The Balaban J connectivity index is 1.87. The lowest BCUT2D eigenvalue weighted by Gasteiger charge is -2.60. The fourth-order valence-corrected chi connectivity index (χ4v) is 7.45. The van der Waals surface area contributed by atoms with Crippen LogP contribution in [0.15, 0.2) is 30.4 Å². The van der Waals surface area contributed by atoms with Crippen molar-refractivity contribution < 1.29 is 29.8 Å². The van der Waals surface area contributed by atoms with E-state index in [9.17, 15) is 20.1 Å². The van der Waals surface area contributed by atoms with Crippen LogP contribution in [0.2, 0.25) is 0 Å². The van der Waals surface area contributed by atoms with E-state index in [1.807, 2.05) is 31.0 Å². The zero-order valence-corrected chi connectivity index (χ0v) is 17.1. The summed E-state index contributed by atoms with van der Waals surface area (Å²) in [6.07, 6.45) is 4.19. The van der Waals surface area contributed by atoms with Gasteiger partial charge in [0.05, 0.1) is 37.1 Å². The Morgan fingerprint density at radius 3 is 2.86 bits per heavy atom. The predicted octanol–water partition coefficient (Wildman–Crippen LogP) is -0.650. The Kier molecular flexibility index (Phi) is 3.74. The Morgan fingerprint density at radius 2 is 2.17 bits per heavy atom. The fraction of sp³-hybridized carbons (Fsp3) is 0.591. The van der Waals surface area contributed by atoms with Crippen LogP contribution in [0.3, 0.4) is 0 Å². The van der Waals surface area contributed by atoms with E-state index in [1.165, 1.54) is 12.0 Å². The molecule has 0 bridgehead atoms. The molecule has 4 N–H and O–H groups in total. The number of phenolic OH excluding ortho intramolecular Hbond substituents is 1. The number of hydrogen-bond acceptors (Lipinski definition) is 6. The zero-order chi connectivity index (χ0) is 20.8. The van der Waals surface area contributed by atoms with Gasteiger partial charge >= 0.3 is 5.97 Å². The summed E-state index contributed by atoms with van der Waals surface area (Å²) in [5.74, 6) is -0.669. The van der Waals surface area contributed by atoms with Crippen molar-refractivity contribution in [3.05, 3.63) is 35.9 Å². The summed E-state index contributed by atoms with van der Waals surface area (Å²) in [7, 11) is 3.08. The third kappa shape index (κ3) is 1.87. The minimum absolute atomic E-state index is 0.0168. The molecule has 0 radical (unpaired) electrons. The van der Waals surface area contributed by atoms with Crippen molar-refractivity contribution in [2.75, 3.05) is 32.1 Å². The number of carbonyl (C=O) groups excluding carboxylic acids is 1. The molecule has 3 aliphatic heterocycles. The number of aliphatic hydroxyl groups excluding tert-OH is 1. The summed E-state index contributed by atoms with van der Waals surface area (Å²) in [6, 6.07) is 4.64. The highest BCUT2D eigenvalue weighted by Crippen LogP contribution is 2.63. The van der Waals surface area contributed by atoms with Gasteiger partial charge in [-0.3, -0.25) is 0 Å². The van der Waals surface area contributed by atoms with Gasteiger partial charge in [0.2, 0.25) is 5.60 Å². The summed E-state index contributed by atoms with van der Waals surface area (Å²) < 4.78 is 5.06. The van der Waals surface area contributed by atoms with Crippen LogP contribution in [0.25, 0.3) is 0 Å². The maximum Gasteiger partial charge on any atom is 0.342 e. The fourth-order valence-electron chi connectivity index (χ4n) is 7.45. The maximum atomic E-state index is 13.1. The van der Waals surface area contributed by atoms with Crippen molar-refractivity contribution in [2.24, 2.45) is 5.41 Å². The number of esters is 1. The number of nitrogens with zero attached hydrogens (tertiary/aromatic N) is 1. The first-order chi connectivity index (χ1) is 13.8. The third-order valence-corrected chi connectivity index (χ3v) is 8.33. The molecular formula is C22H29N2O5+. The van der Waals surface area contributed by atoms with Crippen molar-refractivity contribution in [2.45, 2.75) is 49.0 Å². The minimum Gasteiger partial charge on any atom is -0.508 e. The molecule has 0 aromatic heterocycles. The Labute approximate surface area is 170 Å². The molecule has 1 aromatic carbocycles. The maximum absolute atomic E-state index is 13.1. The summed E-state index contributed by atoms with van der Waals surface area (Å²) in [5, 5.41) is 33.7. The molecule has 0 amide bonds. The first-order valence-corrected chi connectivity index (χ1v) is 10.4. The van der Waals surface area contributed by atoms with Crippen molar-refractivity contribution in [1.29, 1.82) is 0 Å². The lowest BCUT2D eigenvalue weighted by Crippen LogP contribution is -3.18. The summed E-state index contributed by atoms with van der Waals surface area (Å²) in [6.45, 7) is 3.77. The monoisotopic (exact) mass is 401 g/mol. The van der Waals surface area contributed by atoms with Crippen LogP contribution in [0, 0.1) is 5.41 Å². The van der Waals surface area contributed by atoms with E-state index in [0.717, 1.165) is 30.8 Å². The molecule has 1 spiro atoms. The number of aromatic hydroxyl groups is 1. The molecule has 7 atom stereocenters. The van der Waals surface area contributed by atoms with Gasteiger partial charge < -0.3 is 29.9 Å². The van der Waals surface area contributed by atoms with Crippen molar-refractivity contribution in [3.63, 3.8) is 0 Å². The second-order valence-corrected chi connectivity index (χ2v) is 9.14. The highest BCUT2D eigenvalue weighted by molar-refractivity contribution is 5.86. The van der Waals surface area contributed by atoms with Crippen molar-refractivity contribution in [1.82, 2.24) is 0 Å². The van der Waals surface area contributed by atoms with Crippen LogP contribution in [0.5, 0.6) is 5.75 Å². The molecule has 1 aliphatic carbocycles. The smallest absolute Gasteiger partial charge is 0.342 e. The lowest BCUT2D eigenvalue weighted by molar-refractivity contribution is -0.920. The number of phenols is 1. The molecule has 1 saturated carbocycles. The molecule has 156 valence electrons. The van der Waals surface area contributed by atoms with Gasteiger partial charge in [-0.1, -0.05) is 19.1 Å². The molecule has 7 heteroatoms. The number of ether oxygens (including phenoxy) is 1. The molecule has 29 heavy (non-hydrogen) atoms. The lowest BCUT2D eigenvalue weighted by atomic mass is 9.48. The highest BCUT2D eigenvalue weighted by atomic mass is 16.5. The van der Waals surface area contributed by atoms with Crippen LogP contribution in [-0.2, 0) is 14.9 Å². The average molecular weight is 401 g/mol. The van der Waals surface area contributed by atoms with Gasteiger partial charge in [0.1, 0.15) is 17.9 Å². The van der Waals surface area contributed by atoms with Crippen LogP contribution < -0.4 is 9.80 Å². The van der Waals surface area contributed by atoms with E-state index >= 15 is 0 Å². The summed E-state index contributed by atoms with van der Waals surface area (Å²) in [4.78, 5) is 16.3. The molecule has 1 saturated heterocycles. The first kappa shape index (κ1) is 18.9. The van der Waals surface area contributed by atoms with E-state index in [1.54, 1.807) is 12.1 Å². The van der Waals surface area contributed by atoms with Gasteiger partial charge in [0.15, 0.2) is 0 Å². The number of methoxy groups -OCH3 is 1. The molecule has 3 heterocycles. The van der Waals surface area contributed by atoms with Gasteiger partial charge in [-0.15, -0.1) is 0 Å². The van der Waals surface area contributed by atoms with E-state index in [-0.39, 0.29) is 11.8 Å². The molecular weight excluding hydrogens is 372 g/mol. The molecule has 1 unspecified atom stereocenters. The van der Waals surface area contributed by atoms with Gasteiger partial charge in [-0.25, -0.2) is 4.79 Å². The third-order valence-electron chi connectivity index (χ3n) is 8.33. The van der Waals surface area contributed by atoms with E-state index in [2.05, 4.69) is 6.08 Å². The molecule has 2 fully saturated rings. The normalized spacial score (nSPS) is 44.2. The number of benzene rings is 1. The largest absolute Gasteiger partial charge is 0.508 e. The van der Waals surface area contributed by atoms with Gasteiger partial charge in [0, 0.05) is 25.2 Å². The number of carbonyl (C=O) groups is 1. The number of nitrogens with one attached hydrogen (secondary N) is 1. The number of likely N-dealkylation sites (N-methyl/N-ethyl adjacent to an activating group) is 1. The van der Waals surface area contributed by atoms with E-state index < -0.39 is 34.5 Å². The van der Waals surface area contributed by atoms with E-state index in [0.29, 0.717) is 6.42 Å². The quantitative estimate of drug-likeness (QED) is 0.389. The number of fused-ring (bicyclic) bond motifs is 1. The van der Waals surface area contributed by atoms with Gasteiger partial charge in [-0.2, -0.15) is 0 Å². The second-order valence-electron chi connectivity index (χ2n) is 9.14. The van der Waals surface area contributed by atoms with E-state index in [4.69, 9.17) is 4.74 Å². The van der Waals surface area contributed by atoms with Crippen LogP contribution in [0.1, 0.15) is 25.3 Å². The summed E-state index contributed by atoms with van der Waals surface area (Å²) in [5.41, 5.74) is -1.54. The number of anilines is 1. The topological polar surface area (TPSA) is 94.7 Å². The SMILES string of the molecule is CC[C@]12C=CC[NH+]3CC[C@]4(c5ccc(O)cc5N(C)[C@H]4[C@@](O)(C(=O)OC)[C@@H]1O)[C@@H]32. The van der Waals surface area contributed by atoms with Crippen LogP contribution in [0.4, 0.5) is 5.69 Å². The number of quaternary nitrogens is 1. The highest BCUT2D eigenvalue weighted by Gasteiger charge is 2.81. The van der Waals surface area contributed by atoms with Crippen molar-refractivity contribution >= 4 is 11.7 Å². The Morgan fingerprint density at radius 1 is 1.41 bits per heavy atom. The summed E-state index contributed by atoms with van der Waals surface area (Å²) >= 11 is 0. The number of aliphatic hydroxyl groups is 2. The van der Waals surface area contributed by atoms with Crippen molar-refractivity contribution in [3.8, 4) is 5.75 Å². The molecule has 4 aliphatic rings. The number of rotatable bonds is 2. The molecule has 1 aromatic rings. The zero-order valence-electron chi connectivity index (χ0n) is 17.1. The van der Waals surface area contributed by atoms with Gasteiger partial charge in [-0.05, 0) is 24.1 Å². The second kappa shape index (κ2) is 5.74. The first-order valence-electron chi connectivity index (χ1n) is 10.4. The number of hydrogen-bond donors (Lipinski definition) is 4. The predicted molar refractivity (Wildman–Crippen MR) is 106 cm³/mol. The van der Waals surface area contributed by atoms with Gasteiger partial charge in [0.25, 0.3) is 0 Å².